The van der Waals surface area contributed by atoms with Gasteiger partial charge in [0.15, 0.2) is 5.78 Å². The summed E-state index contributed by atoms with van der Waals surface area (Å²) in [5.41, 5.74) is 1.31. The lowest BCUT2D eigenvalue weighted by Crippen LogP contribution is -2.40. The summed E-state index contributed by atoms with van der Waals surface area (Å²) < 4.78 is 18.8. The maximum absolute atomic E-state index is 13.1. The minimum absolute atomic E-state index is 0.0160. The van der Waals surface area contributed by atoms with E-state index >= 15 is 0 Å². The van der Waals surface area contributed by atoms with Crippen molar-refractivity contribution in [1.82, 2.24) is 10.2 Å². The number of benzene rings is 2. The molecule has 1 aliphatic rings. The fourth-order valence-corrected chi connectivity index (χ4v) is 4.02. The Labute approximate surface area is 199 Å². The van der Waals surface area contributed by atoms with Crippen LogP contribution in [0.3, 0.4) is 0 Å². The van der Waals surface area contributed by atoms with Gasteiger partial charge in [-0.2, -0.15) is 0 Å². The van der Waals surface area contributed by atoms with E-state index in [4.69, 9.17) is 16.3 Å². The van der Waals surface area contributed by atoms with Crippen LogP contribution in [0.15, 0.2) is 48.5 Å². The van der Waals surface area contributed by atoms with Gasteiger partial charge in [-0.25, -0.2) is 4.39 Å². The molecule has 0 atom stereocenters. The molecule has 2 aromatic carbocycles. The summed E-state index contributed by atoms with van der Waals surface area (Å²) in [5.74, 6) is 0.192. The number of Topliss-reactive ketones (excluding diaryl/α,β-unsaturated/α-hetero) is 1. The number of rotatable bonds is 9. The Balaban J connectivity index is 1.41. The fourth-order valence-electron chi connectivity index (χ4n) is 3.84. The maximum Gasteiger partial charge on any atom is 0.244 e. The Bertz CT molecular complexity index is 984. The number of ether oxygens (including phenoxy) is 1. The van der Waals surface area contributed by atoms with Crippen LogP contribution in [0, 0.1) is 11.7 Å². The SMILES string of the molecule is CC(C)Oc1ccc(Cl)cc1/C=C/C(=O)NCCN1CCC(C(=O)c2ccc(F)cc2)CC1. The number of nitrogens with one attached hydrogen (secondary N) is 1. The van der Waals surface area contributed by atoms with E-state index in [1.165, 1.54) is 18.2 Å². The van der Waals surface area contributed by atoms with Crippen molar-refractivity contribution in [1.29, 1.82) is 0 Å². The van der Waals surface area contributed by atoms with Gasteiger partial charge in [-0.05, 0) is 88.3 Å². The summed E-state index contributed by atoms with van der Waals surface area (Å²) in [6.45, 7) is 6.70. The molecule has 7 heteroatoms. The van der Waals surface area contributed by atoms with Gasteiger partial charge in [-0.15, -0.1) is 0 Å². The molecule has 2 aromatic rings. The van der Waals surface area contributed by atoms with Crippen molar-refractivity contribution in [3.8, 4) is 5.75 Å². The molecule has 1 N–H and O–H groups in total. The molecule has 33 heavy (non-hydrogen) atoms. The van der Waals surface area contributed by atoms with Crippen LogP contribution in [-0.2, 0) is 4.79 Å². The van der Waals surface area contributed by atoms with Crippen LogP contribution in [0.1, 0.15) is 42.6 Å². The molecule has 5 nitrogen and oxygen atoms in total. The molecule has 3 rings (SSSR count). The van der Waals surface area contributed by atoms with Gasteiger partial charge in [0.1, 0.15) is 11.6 Å². The molecule has 1 saturated heterocycles. The topological polar surface area (TPSA) is 58.6 Å². The van der Waals surface area contributed by atoms with Gasteiger partial charge in [-0.1, -0.05) is 11.6 Å². The molecule has 0 aromatic heterocycles. The zero-order chi connectivity index (χ0) is 23.8. The van der Waals surface area contributed by atoms with Gasteiger partial charge >= 0.3 is 0 Å². The van der Waals surface area contributed by atoms with E-state index in [1.807, 2.05) is 13.8 Å². The van der Waals surface area contributed by atoms with Crippen molar-refractivity contribution in [2.24, 2.45) is 5.92 Å². The predicted octanol–water partition coefficient (Wildman–Crippen LogP) is 4.99. The van der Waals surface area contributed by atoms with Crippen molar-refractivity contribution >= 4 is 29.4 Å². The standard InChI is InChI=1S/C26H30ClFN2O3/c1-18(2)33-24-9-6-22(27)17-21(24)5-10-25(31)29-13-16-30-14-11-20(12-15-30)26(32)19-3-7-23(28)8-4-19/h3-10,17-18,20H,11-16H2,1-2H3,(H,29,31)/b10-5+. The van der Waals surface area contributed by atoms with E-state index in [9.17, 15) is 14.0 Å². The molecule has 0 bridgehead atoms. The summed E-state index contributed by atoms with van der Waals surface area (Å²) >= 11 is 6.08. The summed E-state index contributed by atoms with van der Waals surface area (Å²) in [5, 5.41) is 3.47. The van der Waals surface area contributed by atoms with Crippen molar-refractivity contribution in [2.75, 3.05) is 26.2 Å². The van der Waals surface area contributed by atoms with Gasteiger partial charge in [0.25, 0.3) is 0 Å². The highest BCUT2D eigenvalue weighted by atomic mass is 35.5. The van der Waals surface area contributed by atoms with E-state index in [2.05, 4.69) is 10.2 Å². The first-order chi connectivity index (χ1) is 15.8. The second-order valence-corrected chi connectivity index (χ2v) is 8.90. The number of halogens is 2. The third kappa shape index (κ3) is 7.69. The molecular weight excluding hydrogens is 443 g/mol. The Morgan fingerprint density at radius 1 is 1.18 bits per heavy atom. The molecule has 0 radical (unpaired) electrons. The van der Waals surface area contributed by atoms with E-state index in [0.717, 1.165) is 38.0 Å². The molecule has 1 amide bonds. The van der Waals surface area contributed by atoms with Crippen LogP contribution < -0.4 is 10.1 Å². The zero-order valence-electron chi connectivity index (χ0n) is 19.0. The van der Waals surface area contributed by atoms with Crippen LogP contribution in [0.4, 0.5) is 4.39 Å². The molecular formula is C26H30ClFN2O3. The van der Waals surface area contributed by atoms with Crippen molar-refractivity contribution in [3.05, 3.63) is 70.5 Å². The number of hydrogen-bond donors (Lipinski definition) is 1. The van der Waals surface area contributed by atoms with Gasteiger partial charge < -0.3 is 15.0 Å². The largest absolute Gasteiger partial charge is 0.490 e. The summed E-state index contributed by atoms with van der Waals surface area (Å²) in [4.78, 5) is 27.1. The van der Waals surface area contributed by atoms with Gasteiger partial charge in [0.05, 0.1) is 6.10 Å². The summed E-state index contributed by atoms with van der Waals surface area (Å²) in [6, 6.07) is 11.1. The number of ketones is 1. The predicted molar refractivity (Wildman–Crippen MR) is 129 cm³/mol. The van der Waals surface area contributed by atoms with Crippen LogP contribution >= 0.6 is 11.6 Å². The van der Waals surface area contributed by atoms with Gasteiger partial charge in [0, 0.05) is 41.2 Å². The zero-order valence-corrected chi connectivity index (χ0v) is 19.8. The minimum Gasteiger partial charge on any atom is -0.490 e. The molecule has 176 valence electrons. The van der Waals surface area contributed by atoms with E-state index < -0.39 is 0 Å². The van der Waals surface area contributed by atoms with Crippen molar-refractivity contribution in [3.63, 3.8) is 0 Å². The van der Waals surface area contributed by atoms with Gasteiger partial charge in [-0.3, -0.25) is 9.59 Å². The Hall–Kier alpha value is -2.70. The summed E-state index contributed by atoms with van der Waals surface area (Å²) in [7, 11) is 0. The average Bonchev–Trinajstić information content (AvgIpc) is 2.79. The first-order valence-corrected chi connectivity index (χ1v) is 11.6. The quantitative estimate of drug-likeness (QED) is 0.412. The number of likely N-dealkylation sites (tertiary alicyclic amines) is 1. The molecule has 0 unspecified atom stereocenters. The maximum atomic E-state index is 13.1. The van der Waals surface area contributed by atoms with Crippen LogP contribution in [0.5, 0.6) is 5.75 Å². The second-order valence-electron chi connectivity index (χ2n) is 8.46. The van der Waals surface area contributed by atoms with Crippen LogP contribution in [-0.4, -0.2) is 48.9 Å². The second kappa shape index (κ2) is 12.0. The van der Waals surface area contributed by atoms with E-state index in [-0.39, 0.29) is 29.5 Å². The monoisotopic (exact) mass is 472 g/mol. The van der Waals surface area contributed by atoms with Crippen molar-refractivity contribution in [2.45, 2.75) is 32.8 Å². The number of amides is 1. The molecule has 0 aliphatic carbocycles. The van der Waals surface area contributed by atoms with Crippen LogP contribution in [0.25, 0.3) is 6.08 Å². The van der Waals surface area contributed by atoms with E-state index in [0.29, 0.717) is 22.9 Å². The van der Waals surface area contributed by atoms with E-state index in [1.54, 1.807) is 36.4 Å². The van der Waals surface area contributed by atoms with Crippen LogP contribution in [0.2, 0.25) is 5.02 Å². The fraction of sp³-hybridized carbons (Fsp3) is 0.385. The van der Waals surface area contributed by atoms with Gasteiger partial charge in [0.2, 0.25) is 5.91 Å². The first kappa shape index (κ1) is 24.9. The average molecular weight is 473 g/mol. The highest BCUT2D eigenvalue weighted by molar-refractivity contribution is 6.30. The number of nitrogens with zero attached hydrogens (tertiary/aromatic N) is 1. The first-order valence-electron chi connectivity index (χ1n) is 11.3. The lowest BCUT2D eigenvalue weighted by atomic mass is 9.89. The molecule has 1 heterocycles. The molecule has 1 aliphatic heterocycles. The molecule has 0 spiro atoms. The smallest absolute Gasteiger partial charge is 0.244 e. The lowest BCUT2D eigenvalue weighted by molar-refractivity contribution is -0.116. The Kier molecular flexibility index (Phi) is 9.03. The minimum atomic E-state index is -0.338. The normalized spacial score (nSPS) is 15.2. The number of piperidine rings is 1. The summed E-state index contributed by atoms with van der Waals surface area (Å²) in [6.07, 6.45) is 4.72. The highest BCUT2D eigenvalue weighted by Gasteiger charge is 2.25. The molecule has 0 saturated carbocycles. The third-order valence-electron chi connectivity index (χ3n) is 5.56. The van der Waals surface area contributed by atoms with Crippen molar-refractivity contribution < 1.29 is 18.7 Å². The Morgan fingerprint density at radius 2 is 1.88 bits per heavy atom. The number of carbonyl (C=O) groups excluding carboxylic acids is 2. The lowest BCUT2D eigenvalue weighted by Gasteiger charge is -2.31. The number of carbonyl (C=O) groups is 2. The third-order valence-corrected chi connectivity index (χ3v) is 5.80. The molecule has 1 fully saturated rings. The Morgan fingerprint density at radius 3 is 2.55 bits per heavy atom. The number of hydrogen-bond acceptors (Lipinski definition) is 4. The highest BCUT2D eigenvalue weighted by Crippen LogP contribution is 2.25.